The summed E-state index contributed by atoms with van der Waals surface area (Å²) in [5, 5.41) is -0.172. The summed E-state index contributed by atoms with van der Waals surface area (Å²) < 4.78 is 5.39. The maximum Gasteiger partial charge on any atom is 0.322 e. The maximum absolute atomic E-state index is 12.8. The Kier molecular flexibility index (Phi) is 10.5. The molecule has 0 aliphatic rings. The normalized spacial score (nSPS) is 12.1. The summed E-state index contributed by atoms with van der Waals surface area (Å²) in [7, 11) is 0. The number of unbranched alkanes of at least 4 members (excludes halogenated alkanes) is 3. The largest absolute Gasteiger partial charge is 0.461 e. The minimum Gasteiger partial charge on any atom is -0.461 e. The average molecular weight is 419 g/mol. The molecule has 1 heterocycles. The van der Waals surface area contributed by atoms with Crippen molar-refractivity contribution >= 4 is 35.0 Å². The number of aromatic nitrogens is 3. The molecule has 1 aromatic rings. The highest BCUT2D eigenvalue weighted by Gasteiger charge is 2.27. The standard InChI is InChI=1S/C18H28Cl2N4O3/c1-5-6-7-8-9-13(4)15(26)24(14(25)12(2)3)10-11-27-18-22-16(19)21-17(20)23-18/h12-13H,5-11H2,1-4H3. The van der Waals surface area contributed by atoms with Gasteiger partial charge in [0, 0.05) is 11.8 Å². The molecule has 0 saturated carbocycles. The van der Waals surface area contributed by atoms with Gasteiger partial charge in [-0.1, -0.05) is 53.4 Å². The van der Waals surface area contributed by atoms with Crippen LogP contribution in [0.15, 0.2) is 0 Å². The lowest BCUT2D eigenvalue weighted by molar-refractivity contribution is -0.149. The first-order valence-corrected chi connectivity index (χ1v) is 10.1. The highest BCUT2D eigenvalue weighted by atomic mass is 35.5. The van der Waals surface area contributed by atoms with Gasteiger partial charge in [-0.05, 0) is 29.6 Å². The smallest absolute Gasteiger partial charge is 0.322 e. The van der Waals surface area contributed by atoms with E-state index in [1.54, 1.807) is 13.8 Å². The van der Waals surface area contributed by atoms with Crippen LogP contribution in [0.2, 0.25) is 10.6 Å². The summed E-state index contributed by atoms with van der Waals surface area (Å²) >= 11 is 11.4. The minimum atomic E-state index is -0.290. The molecule has 0 radical (unpaired) electrons. The second-order valence-corrected chi connectivity index (χ2v) is 7.41. The van der Waals surface area contributed by atoms with Gasteiger partial charge in [-0.15, -0.1) is 0 Å². The fourth-order valence-electron chi connectivity index (χ4n) is 2.51. The Balaban J connectivity index is 2.67. The minimum absolute atomic E-state index is 0.0444. The van der Waals surface area contributed by atoms with Crippen LogP contribution >= 0.6 is 23.2 Å². The average Bonchev–Trinajstić information content (AvgIpc) is 2.60. The van der Waals surface area contributed by atoms with Crippen LogP contribution in [0.4, 0.5) is 0 Å². The monoisotopic (exact) mass is 418 g/mol. The fraction of sp³-hybridized carbons (Fsp3) is 0.722. The van der Waals surface area contributed by atoms with Crippen LogP contribution in [-0.2, 0) is 9.59 Å². The Bertz CT molecular complexity index is 608. The van der Waals surface area contributed by atoms with Crippen molar-refractivity contribution in [2.75, 3.05) is 13.2 Å². The summed E-state index contributed by atoms with van der Waals surface area (Å²) in [6.45, 7) is 7.69. The molecule has 0 spiro atoms. The van der Waals surface area contributed by atoms with Crippen molar-refractivity contribution < 1.29 is 14.3 Å². The predicted molar refractivity (Wildman–Crippen MR) is 105 cm³/mol. The molecule has 1 rings (SSSR count). The van der Waals surface area contributed by atoms with Crippen LogP contribution in [0.25, 0.3) is 0 Å². The third kappa shape index (κ3) is 8.39. The molecule has 0 N–H and O–H groups in total. The highest BCUT2D eigenvalue weighted by molar-refractivity contribution is 6.31. The Morgan fingerprint density at radius 2 is 1.63 bits per heavy atom. The molecule has 1 atom stereocenters. The number of halogens is 2. The van der Waals surface area contributed by atoms with Crippen LogP contribution < -0.4 is 4.74 Å². The highest BCUT2D eigenvalue weighted by Crippen LogP contribution is 2.16. The summed E-state index contributed by atoms with van der Waals surface area (Å²) in [5.74, 6) is -0.913. The van der Waals surface area contributed by atoms with Crippen LogP contribution in [0, 0.1) is 11.8 Å². The molecule has 152 valence electrons. The third-order valence-corrected chi connectivity index (χ3v) is 4.38. The van der Waals surface area contributed by atoms with E-state index in [9.17, 15) is 9.59 Å². The van der Waals surface area contributed by atoms with E-state index >= 15 is 0 Å². The lowest BCUT2D eigenvalue weighted by atomic mass is 10.0. The summed E-state index contributed by atoms with van der Waals surface area (Å²) in [6.07, 6.45) is 5.13. The number of nitrogens with zero attached hydrogens (tertiary/aromatic N) is 4. The SMILES string of the molecule is CCCCCCC(C)C(=O)N(CCOc1nc(Cl)nc(Cl)n1)C(=O)C(C)C. The Hall–Kier alpha value is -1.47. The topological polar surface area (TPSA) is 85.3 Å². The van der Waals surface area contributed by atoms with E-state index in [0.717, 1.165) is 32.1 Å². The van der Waals surface area contributed by atoms with E-state index in [2.05, 4.69) is 21.9 Å². The van der Waals surface area contributed by atoms with Gasteiger partial charge < -0.3 is 4.74 Å². The molecule has 0 bridgehead atoms. The number of imide groups is 1. The molecule has 7 nitrogen and oxygen atoms in total. The predicted octanol–water partition coefficient (Wildman–Crippen LogP) is 4.17. The van der Waals surface area contributed by atoms with E-state index < -0.39 is 0 Å². The van der Waals surface area contributed by atoms with Crippen molar-refractivity contribution in [2.24, 2.45) is 11.8 Å². The first-order chi connectivity index (χ1) is 12.8. The molecule has 27 heavy (non-hydrogen) atoms. The van der Waals surface area contributed by atoms with Gasteiger partial charge in [0.25, 0.3) is 0 Å². The molecule has 0 fully saturated rings. The molecule has 9 heteroatoms. The first kappa shape index (κ1) is 23.6. The van der Waals surface area contributed by atoms with E-state index in [1.165, 1.54) is 4.90 Å². The van der Waals surface area contributed by atoms with Gasteiger partial charge in [-0.2, -0.15) is 15.0 Å². The third-order valence-electron chi connectivity index (χ3n) is 4.04. The maximum atomic E-state index is 12.8. The van der Waals surface area contributed by atoms with Crippen molar-refractivity contribution in [3.8, 4) is 6.01 Å². The van der Waals surface area contributed by atoms with Crippen LogP contribution in [-0.4, -0.2) is 44.8 Å². The van der Waals surface area contributed by atoms with Gasteiger partial charge in [0.2, 0.25) is 22.4 Å². The number of rotatable bonds is 11. The van der Waals surface area contributed by atoms with E-state index in [4.69, 9.17) is 27.9 Å². The number of amides is 2. The Morgan fingerprint density at radius 1 is 1.00 bits per heavy atom. The summed E-state index contributed by atoms with van der Waals surface area (Å²) in [4.78, 5) is 37.7. The van der Waals surface area contributed by atoms with E-state index in [0.29, 0.717) is 0 Å². The molecule has 0 aliphatic heterocycles. The Labute approximate surface area is 170 Å². The zero-order chi connectivity index (χ0) is 20.4. The number of carbonyl (C=O) groups excluding carboxylic acids is 2. The van der Waals surface area contributed by atoms with Crippen molar-refractivity contribution in [1.82, 2.24) is 19.9 Å². The zero-order valence-electron chi connectivity index (χ0n) is 16.4. The summed E-state index contributed by atoms with van der Waals surface area (Å²) in [5.41, 5.74) is 0. The van der Waals surface area contributed by atoms with Gasteiger partial charge in [-0.3, -0.25) is 14.5 Å². The second kappa shape index (κ2) is 12.1. The van der Waals surface area contributed by atoms with E-state index in [1.807, 2.05) is 6.92 Å². The number of ether oxygens (including phenoxy) is 1. The first-order valence-electron chi connectivity index (χ1n) is 9.31. The molecular weight excluding hydrogens is 391 g/mol. The Morgan fingerprint density at radius 3 is 2.19 bits per heavy atom. The van der Waals surface area contributed by atoms with E-state index in [-0.39, 0.29) is 53.4 Å². The van der Waals surface area contributed by atoms with Crippen LogP contribution in [0.1, 0.15) is 59.8 Å². The molecule has 2 amide bonds. The number of carbonyl (C=O) groups is 2. The van der Waals surface area contributed by atoms with Crippen molar-refractivity contribution in [3.63, 3.8) is 0 Å². The van der Waals surface area contributed by atoms with Gasteiger partial charge in [0.1, 0.15) is 6.61 Å². The quantitative estimate of drug-likeness (QED) is 0.501. The van der Waals surface area contributed by atoms with Crippen molar-refractivity contribution in [3.05, 3.63) is 10.6 Å². The van der Waals surface area contributed by atoms with Crippen molar-refractivity contribution in [1.29, 1.82) is 0 Å². The number of hydrogen-bond donors (Lipinski definition) is 0. The van der Waals surface area contributed by atoms with Gasteiger partial charge >= 0.3 is 6.01 Å². The second-order valence-electron chi connectivity index (χ2n) is 6.74. The fourth-order valence-corrected chi connectivity index (χ4v) is 2.86. The molecule has 0 aromatic carbocycles. The van der Waals surface area contributed by atoms with Gasteiger partial charge in [0.05, 0.1) is 6.54 Å². The summed E-state index contributed by atoms with van der Waals surface area (Å²) in [6, 6.07) is -0.0444. The van der Waals surface area contributed by atoms with Crippen LogP contribution in [0.5, 0.6) is 6.01 Å². The molecule has 0 aliphatic carbocycles. The lowest BCUT2D eigenvalue weighted by Gasteiger charge is -2.25. The lowest BCUT2D eigenvalue weighted by Crippen LogP contribution is -2.44. The molecule has 1 unspecified atom stereocenters. The molecular formula is C18H28Cl2N4O3. The van der Waals surface area contributed by atoms with Gasteiger partial charge in [-0.25, -0.2) is 0 Å². The van der Waals surface area contributed by atoms with Crippen molar-refractivity contribution in [2.45, 2.75) is 59.8 Å². The molecule has 1 aromatic heterocycles. The zero-order valence-corrected chi connectivity index (χ0v) is 17.9. The van der Waals surface area contributed by atoms with Gasteiger partial charge in [0.15, 0.2) is 0 Å². The molecule has 0 saturated heterocycles. The van der Waals surface area contributed by atoms with Crippen LogP contribution in [0.3, 0.4) is 0 Å². The number of hydrogen-bond acceptors (Lipinski definition) is 6.